The van der Waals surface area contributed by atoms with Gasteiger partial charge in [-0.3, -0.25) is 0 Å². The molecule has 3 aromatic rings. The van der Waals surface area contributed by atoms with Crippen LogP contribution in [0, 0.1) is 0 Å². The molecule has 0 unspecified atom stereocenters. The minimum absolute atomic E-state index is 0.0468. The van der Waals surface area contributed by atoms with Crippen LogP contribution in [0.2, 0.25) is 0 Å². The number of carbonyl (C=O) groups excluding carboxylic acids is 2. The van der Waals surface area contributed by atoms with Gasteiger partial charge in [0.25, 0.3) is 0 Å². The van der Waals surface area contributed by atoms with Crippen molar-refractivity contribution in [1.82, 2.24) is 14.9 Å². The summed E-state index contributed by atoms with van der Waals surface area (Å²) in [6.07, 6.45) is 0.0555. The molecule has 13 heteroatoms. The minimum atomic E-state index is -1.91. The molecule has 37 heavy (non-hydrogen) atoms. The van der Waals surface area contributed by atoms with Crippen molar-refractivity contribution in [3.8, 4) is 22.9 Å². The number of hydrogen-bond donors (Lipinski definition) is 3. The van der Waals surface area contributed by atoms with E-state index in [4.69, 9.17) is 26.3 Å². The van der Waals surface area contributed by atoms with Gasteiger partial charge in [0, 0.05) is 0 Å². The molecule has 5 heterocycles. The van der Waals surface area contributed by atoms with E-state index < -0.39 is 33.6 Å². The standard InChI is InChI=1S/C24H22IN4O8/c1-2-24(33)15-4-17-21-12(7-29(17)22(31)14(15)9-35-23(24)32)13(8-34-10-27-20(30)6-26)11-3-18-19(37-25-36-18)5-16(11)28-21/h3-5,33H,2,6-10,26H2,1H3,(H,27,30)/q-1/t24-/m0/s1. The number of hydrogen-bond acceptors (Lipinski definition) is 10. The molecule has 1 atom stereocenters. The van der Waals surface area contributed by atoms with Gasteiger partial charge in [-0.25, -0.2) is 0 Å². The number of halogens is 1. The molecule has 3 aliphatic heterocycles. The van der Waals surface area contributed by atoms with Gasteiger partial charge in [-0.2, -0.15) is 0 Å². The van der Waals surface area contributed by atoms with Gasteiger partial charge in [0.1, 0.15) is 0 Å². The Bertz CT molecular complexity index is 1550. The van der Waals surface area contributed by atoms with E-state index in [9.17, 15) is 19.5 Å². The topological polar surface area (TPSA) is 164 Å². The van der Waals surface area contributed by atoms with E-state index in [1.54, 1.807) is 23.6 Å². The summed E-state index contributed by atoms with van der Waals surface area (Å²) in [4.78, 5) is 42.4. The molecule has 1 aromatic carbocycles. The van der Waals surface area contributed by atoms with Crippen LogP contribution in [-0.2, 0) is 44.4 Å². The Labute approximate surface area is 221 Å². The maximum absolute atomic E-state index is 13.5. The first-order chi connectivity index (χ1) is 17.9. The SMILES string of the molecule is CC[C@@]1(O)C(=O)OCc2c1cc1n(c2=O)Cc2c-1nc1cc3c(cc1c2COCNC(=O)CN)O[I-]O3. The first-order valence-electron chi connectivity index (χ1n) is 11.6. The normalized spacial score (nSPS) is 19.1. The average Bonchev–Trinajstić information content (AvgIpc) is 3.51. The summed E-state index contributed by atoms with van der Waals surface area (Å²) < 4.78 is 23.8. The van der Waals surface area contributed by atoms with Crippen molar-refractivity contribution >= 4 is 22.8 Å². The number of aromatic nitrogens is 2. The molecule has 4 N–H and O–H groups in total. The summed E-state index contributed by atoms with van der Waals surface area (Å²) in [5.41, 5.74) is 6.75. The van der Waals surface area contributed by atoms with Crippen LogP contribution in [0.5, 0.6) is 11.5 Å². The van der Waals surface area contributed by atoms with Crippen LogP contribution in [0.25, 0.3) is 22.3 Å². The molecule has 6 rings (SSSR count). The van der Waals surface area contributed by atoms with Gasteiger partial charge < -0.3 is 0 Å². The Balaban J connectivity index is 1.51. The maximum atomic E-state index is 13.5. The van der Waals surface area contributed by atoms with Crippen LogP contribution in [0.15, 0.2) is 23.0 Å². The van der Waals surface area contributed by atoms with Crippen LogP contribution >= 0.6 is 0 Å². The first-order valence-corrected chi connectivity index (χ1v) is 13.3. The van der Waals surface area contributed by atoms with Crippen LogP contribution in [0.4, 0.5) is 0 Å². The van der Waals surface area contributed by atoms with Crippen LogP contribution in [-0.4, -0.2) is 39.8 Å². The molecular weight excluding hydrogens is 599 g/mol. The fourth-order valence-electron chi connectivity index (χ4n) is 4.90. The van der Waals surface area contributed by atoms with E-state index in [1.165, 1.54) is 0 Å². The summed E-state index contributed by atoms with van der Waals surface area (Å²) >= 11 is -0.897. The molecule has 0 saturated heterocycles. The third kappa shape index (κ3) is 3.67. The third-order valence-electron chi connectivity index (χ3n) is 6.90. The fourth-order valence-corrected chi connectivity index (χ4v) is 6.06. The summed E-state index contributed by atoms with van der Waals surface area (Å²) in [6, 6.07) is 5.30. The Kier molecular flexibility index (Phi) is 5.82. The zero-order valence-electron chi connectivity index (χ0n) is 19.6. The Morgan fingerprint density at radius 2 is 2.05 bits per heavy atom. The second-order valence-corrected chi connectivity index (χ2v) is 10.1. The predicted molar refractivity (Wildman–Crippen MR) is 123 cm³/mol. The van der Waals surface area contributed by atoms with Crippen molar-refractivity contribution < 1.29 is 52.3 Å². The van der Waals surface area contributed by atoms with Crippen molar-refractivity contribution in [1.29, 1.82) is 0 Å². The van der Waals surface area contributed by atoms with Crippen molar-refractivity contribution in [2.45, 2.75) is 38.7 Å². The number of fused-ring (bicyclic) bond motifs is 6. The molecule has 0 bridgehead atoms. The van der Waals surface area contributed by atoms with E-state index >= 15 is 0 Å². The number of carbonyl (C=O) groups is 2. The summed E-state index contributed by atoms with van der Waals surface area (Å²) in [7, 11) is 0. The second kappa shape index (κ2) is 8.93. The molecule has 0 fully saturated rings. The van der Waals surface area contributed by atoms with E-state index in [-0.39, 0.29) is 62.0 Å². The van der Waals surface area contributed by atoms with Gasteiger partial charge in [-0.05, 0) is 0 Å². The van der Waals surface area contributed by atoms with Crippen LogP contribution < -0.4 is 44.8 Å². The predicted octanol–water partition coefficient (Wildman–Crippen LogP) is -2.68. The monoisotopic (exact) mass is 621 g/mol. The number of cyclic esters (lactones) is 1. The van der Waals surface area contributed by atoms with Crippen molar-refractivity contribution in [2.24, 2.45) is 5.73 Å². The number of pyridine rings is 2. The van der Waals surface area contributed by atoms with Gasteiger partial charge in [-0.15, -0.1) is 0 Å². The Hall–Kier alpha value is -3.27. The molecule has 1 amide bonds. The number of esters is 1. The quantitative estimate of drug-likeness (QED) is 0.0895. The zero-order valence-corrected chi connectivity index (χ0v) is 21.8. The van der Waals surface area contributed by atoms with Crippen molar-refractivity contribution in [3.63, 3.8) is 0 Å². The van der Waals surface area contributed by atoms with Gasteiger partial charge in [-0.1, -0.05) is 0 Å². The molecular formula is C24H22IN4O8-. The molecule has 12 nitrogen and oxygen atoms in total. The number of aliphatic hydroxyl groups is 1. The molecule has 0 spiro atoms. The fraction of sp³-hybridized carbons (Fsp3) is 0.333. The second-order valence-electron chi connectivity index (χ2n) is 8.85. The Morgan fingerprint density at radius 1 is 1.27 bits per heavy atom. The van der Waals surface area contributed by atoms with Gasteiger partial charge in [0.05, 0.1) is 0 Å². The third-order valence-corrected chi connectivity index (χ3v) is 8.21. The molecule has 2 aromatic heterocycles. The van der Waals surface area contributed by atoms with Crippen LogP contribution in [0.3, 0.4) is 0 Å². The van der Waals surface area contributed by atoms with Gasteiger partial charge in [0.15, 0.2) is 0 Å². The van der Waals surface area contributed by atoms with Gasteiger partial charge >= 0.3 is 221 Å². The number of nitrogens with one attached hydrogen (secondary N) is 1. The molecule has 0 saturated carbocycles. The number of nitrogens with zero attached hydrogens (tertiary/aromatic N) is 2. The molecule has 0 aliphatic carbocycles. The molecule has 3 aliphatic rings. The number of ether oxygens (including phenoxy) is 2. The zero-order chi connectivity index (χ0) is 25.9. The number of benzene rings is 1. The van der Waals surface area contributed by atoms with Crippen LogP contribution in [0.1, 0.15) is 35.6 Å². The van der Waals surface area contributed by atoms with Crippen molar-refractivity contribution in [2.75, 3.05) is 13.3 Å². The van der Waals surface area contributed by atoms with E-state index in [2.05, 4.69) is 5.32 Å². The Morgan fingerprint density at radius 3 is 2.81 bits per heavy atom. The summed E-state index contributed by atoms with van der Waals surface area (Å²) in [6.45, 7) is 1.59. The number of rotatable bonds is 6. The first kappa shape index (κ1) is 24.1. The van der Waals surface area contributed by atoms with E-state index in [0.717, 1.165) is 16.5 Å². The van der Waals surface area contributed by atoms with E-state index in [0.29, 0.717) is 28.4 Å². The van der Waals surface area contributed by atoms with Gasteiger partial charge in [0.2, 0.25) is 0 Å². The number of amides is 1. The van der Waals surface area contributed by atoms with Crippen molar-refractivity contribution in [3.05, 3.63) is 50.8 Å². The van der Waals surface area contributed by atoms with E-state index in [1.807, 2.05) is 6.07 Å². The molecule has 194 valence electrons. The average molecular weight is 621 g/mol. The summed E-state index contributed by atoms with van der Waals surface area (Å²) in [5, 5.41) is 14.5. The summed E-state index contributed by atoms with van der Waals surface area (Å²) in [5.74, 6) is 0.0910. The molecule has 0 radical (unpaired) electrons. The number of nitrogens with two attached hydrogens (primary N) is 1.